The summed E-state index contributed by atoms with van der Waals surface area (Å²) in [5.74, 6) is 0.162. The van der Waals surface area contributed by atoms with Crippen LogP contribution in [-0.2, 0) is 0 Å². The van der Waals surface area contributed by atoms with Gasteiger partial charge in [0, 0.05) is 6.07 Å². The Morgan fingerprint density at radius 1 is 1.55 bits per heavy atom. The Morgan fingerprint density at radius 3 is 2.70 bits per heavy atom. The third-order valence-electron chi connectivity index (χ3n) is 3.69. The van der Waals surface area contributed by atoms with Crippen LogP contribution >= 0.6 is 11.3 Å². The fourth-order valence-electron chi connectivity index (χ4n) is 2.35. The molecule has 6 nitrogen and oxygen atoms in total. The largest absolute Gasteiger partial charge is 0.333 e. The van der Waals surface area contributed by atoms with Crippen LogP contribution in [0.5, 0.6) is 0 Å². The molecule has 7 heteroatoms. The second-order valence-corrected chi connectivity index (χ2v) is 6.29. The standard InChI is InChI=1S/C13H15N3O3S/c1-9-4-6-13(8-14,7-5-9)15-12(17)10-2-3-11(20-10)16(18)19/h2-3,9H,4-7H2,1H3,(H,15,17). The summed E-state index contributed by atoms with van der Waals surface area (Å²) in [5.41, 5.74) is -0.831. The van der Waals surface area contributed by atoms with Crippen molar-refractivity contribution in [2.75, 3.05) is 0 Å². The first kappa shape index (κ1) is 14.5. The van der Waals surface area contributed by atoms with Gasteiger partial charge >= 0.3 is 5.00 Å². The zero-order valence-corrected chi connectivity index (χ0v) is 11.9. The van der Waals surface area contributed by atoms with Crippen molar-refractivity contribution in [3.63, 3.8) is 0 Å². The lowest BCUT2D eigenvalue weighted by Gasteiger charge is -2.34. The molecule has 1 heterocycles. The summed E-state index contributed by atoms with van der Waals surface area (Å²) in [7, 11) is 0. The van der Waals surface area contributed by atoms with Gasteiger partial charge in [0.1, 0.15) is 5.54 Å². The molecule has 0 radical (unpaired) electrons. The van der Waals surface area contributed by atoms with Crippen LogP contribution in [0.2, 0.25) is 0 Å². The number of rotatable bonds is 3. The predicted molar refractivity (Wildman–Crippen MR) is 74.4 cm³/mol. The molecule has 0 aliphatic heterocycles. The van der Waals surface area contributed by atoms with E-state index in [2.05, 4.69) is 18.3 Å². The molecule has 0 unspecified atom stereocenters. The highest BCUT2D eigenvalue weighted by Gasteiger charge is 2.36. The average molecular weight is 293 g/mol. The lowest BCUT2D eigenvalue weighted by molar-refractivity contribution is -0.380. The van der Waals surface area contributed by atoms with Crippen molar-refractivity contribution in [2.24, 2.45) is 5.92 Å². The van der Waals surface area contributed by atoms with Gasteiger partial charge in [0.05, 0.1) is 15.9 Å². The van der Waals surface area contributed by atoms with Crippen molar-refractivity contribution < 1.29 is 9.72 Å². The number of nitrogens with one attached hydrogen (secondary N) is 1. The SMILES string of the molecule is CC1CCC(C#N)(NC(=O)c2ccc([N+](=O)[O-])s2)CC1. The van der Waals surface area contributed by atoms with E-state index in [4.69, 9.17) is 0 Å². The first-order valence-corrected chi connectivity index (χ1v) is 7.25. The fraction of sp³-hybridized carbons (Fsp3) is 0.538. The first-order valence-electron chi connectivity index (χ1n) is 6.44. The van der Waals surface area contributed by atoms with Crippen molar-refractivity contribution in [3.05, 3.63) is 27.1 Å². The van der Waals surface area contributed by atoms with Gasteiger partial charge in [-0.05, 0) is 37.7 Å². The number of carbonyl (C=O) groups excluding carboxylic acids is 1. The van der Waals surface area contributed by atoms with Crippen molar-refractivity contribution >= 4 is 22.2 Å². The van der Waals surface area contributed by atoms with Crippen molar-refractivity contribution in [2.45, 2.75) is 38.1 Å². The summed E-state index contributed by atoms with van der Waals surface area (Å²) in [5, 5.41) is 22.6. The summed E-state index contributed by atoms with van der Waals surface area (Å²) in [4.78, 5) is 22.5. The third kappa shape index (κ3) is 2.96. The van der Waals surface area contributed by atoms with Crippen LogP contribution in [0, 0.1) is 27.4 Å². The monoisotopic (exact) mass is 293 g/mol. The molecule has 1 fully saturated rings. The van der Waals surface area contributed by atoms with Crippen LogP contribution in [0.1, 0.15) is 42.3 Å². The van der Waals surface area contributed by atoms with Crippen LogP contribution in [0.4, 0.5) is 5.00 Å². The van der Waals surface area contributed by atoms with E-state index in [1.807, 2.05) is 0 Å². The molecule has 1 aromatic heterocycles. The first-order chi connectivity index (χ1) is 9.46. The molecule has 20 heavy (non-hydrogen) atoms. The average Bonchev–Trinajstić information content (AvgIpc) is 2.92. The highest BCUT2D eigenvalue weighted by Crippen LogP contribution is 2.32. The molecule has 0 bridgehead atoms. The van der Waals surface area contributed by atoms with Gasteiger partial charge in [-0.15, -0.1) is 0 Å². The number of nitro groups is 1. The smallest absolute Gasteiger partial charge is 0.324 e. The molecule has 0 aromatic carbocycles. The van der Waals surface area contributed by atoms with E-state index in [0.717, 1.165) is 24.2 Å². The molecular formula is C13H15N3O3S. The lowest BCUT2D eigenvalue weighted by Crippen LogP contribution is -2.49. The molecule has 1 amide bonds. The maximum absolute atomic E-state index is 12.1. The topological polar surface area (TPSA) is 96.0 Å². The third-order valence-corrected chi connectivity index (χ3v) is 4.73. The van der Waals surface area contributed by atoms with Gasteiger partial charge in [0.15, 0.2) is 0 Å². The van der Waals surface area contributed by atoms with E-state index in [9.17, 15) is 20.2 Å². The number of carbonyl (C=O) groups is 1. The van der Waals surface area contributed by atoms with E-state index in [0.29, 0.717) is 18.8 Å². The van der Waals surface area contributed by atoms with Crippen LogP contribution in [-0.4, -0.2) is 16.4 Å². The number of nitriles is 1. The Hall–Kier alpha value is -1.94. The molecular weight excluding hydrogens is 278 g/mol. The lowest BCUT2D eigenvalue weighted by atomic mass is 9.78. The number of hydrogen-bond donors (Lipinski definition) is 1. The van der Waals surface area contributed by atoms with Gasteiger partial charge in [-0.3, -0.25) is 14.9 Å². The summed E-state index contributed by atoms with van der Waals surface area (Å²) in [6.45, 7) is 2.13. The molecule has 1 N–H and O–H groups in total. The summed E-state index contributed by atoms with van der Waals surface area (Å²) in [6, 6.07) is 4.94. The van der Waals surface area contributed by atoms with E-state index in [1.54, 1.807) is 0 Å². The van der Waals surface area contributed by atoms with Crippen molar-refractivity contribution in [3.8, 4) is 6.07 Å². The van der Waals surface area contributed by atoms with Crippen molar-refractivity contribution in [1.29, 1.82) is 5.26 Å². The normalized spacial score (nSPS) is 25.7. The Kier molecular flexibility index (Phi) is 4.04. The second-order valence-electron chi connectivity index (χ2n) is 5.23. The number of hydrogen-bond acceptors (Lipinski definition) is 5. The molecule has 1 aliphatic rings. The van der Waals surface area contributed by atoms with Gasteiger partial charge in [0.25, 0.3) is 5.91 Å². The second kappa shape index (κ2) is 5.59. The molecule has 0 saturated heterocycles. The minimum absolute atomic E-state index is 0.0709. The molecule has 0 spiro atoms. The van der Waals surface area contributed by atoms with Crippen molar-refractivity contribution in [1.82, 2.24) is 5.32 Å². The predicted octanol–water partition coefficient (Wildman–Crippen LogP) is 2.86. The number of nitrogens with zero attached hydrogens (tertiary/aromatic N) is 2. The zero-order chi connectivity index (χ0) is 14.8. The highest BCUT2D eigenvalue weighted by molar-refractivity contribution is 7.17. The Balaban J connectivity index is 2.09. The van der Waals surface area contributed by atoms with Crippen LogP contribution < -0.4 is 5.32 Å². The van der Waals surface area contributed by atoms with Gasteiger partial charge in [-0.2, -0.15) is 5.26 Å². The quantitative estimate of drug-likeness (QED) is 0.684. The summed E-state index contributed by atoms with van der Waals surface area (Å²) < 4.78 is 0. The molecule has 1 saturated carbocycles. The van der Waals surface area contributed by atoms with Crippen LogP contribution in [0.15, 0.2) is 12.1 Å². The molecule has 0 atom stereocenters. The molecule has 106 valence electrons. The van der Waals surface area contributed by atoms with E-state index >= 15 is 0 Å². The van der Waals surface area contributed by atoms with E-state index < -0.39 is 16.4 Å². The number of thiophene rings is 1. The van der Waals surface area contributed by atoms with E-state index in [1.165, 1.54) is 12.1 Å². The Morgan fingerprint density at radius 2 is 2.20 bits per heavy atom. The summed E-state index contributed by atoms with van der Waals surface area (Å²) in [6.07, 6.45) is 3.06. The van der Waals surface area contributed by atoms with E-state index in [-0.39, 0.29) is 9.88 Å². The minimum Gasteiger partial charge on any atom is -0.333 e. The fourth-order valence-corrected chi connectivity index (χ4v) is 3.06. The maximum Gasteiger partial charge on any atom is 0.324 e. The van der Waals surface area contributed by atoms with Crippen LogP contribution in [0.25, 0.3) is 0 Å². The highest BCUT2D eigenvalue weighted by atomic mass is 32.1. The Labute approximate surface area is 120 Å². The maximum atomic E-state index is 12.1. The van der Waals surface area contributed by atoms with Gasteiger partial charge in [-0.25, -0.2) is 0 Å². The van der Waals surface area contributed by atoms with Crippen LogP contribution in [0.3, 0.4) is 0 Å². The Bertz CT molecular complexity index is 568. The minimum atomic E-state index is -0.831. The number of amides is 1. The zero-order valence-electron chi connectivity index (χ0n) is 11.1. The molecule has 2 rings (SSSR count). The molecule has 1 aromatic rings. The molecule has 1 aliphatic carbocycles. The van der Waals surface area contributed by atoms with Gasteiger partial charge in [-0.1, -0.05) is 18.3 Å². The van der Waals surface area contributed by atoms with Gasteiger partial charge in [0.2, 0.25) is 0 Å². The summed E-state index contributed by atoms with van der Waals surface area (Å²) >= 11 is 0.827. The van der Waals surface area contributed by atoms with Gasteiger partial charge < -0.3 is 5.32 Å².